The number of piperazine rings is 1. The number of aromatic nitrogens is 2. The maximum absolute atomic E-state index is 12.7. The maximum Gasteiger partial charge on any atom is 0.410 e. The average Bonchev–Trinajstić information content (AvgIpc) is 2.69. The molecule has 1 fully saturated rings. The van der Waals surface area contributed by atoms with Crippen LogP contribution in [-0.4, -0.2) is 77.0 Å². The number of benzene rings is 1. The number of nitrogens with zero attached hydrogens (tertiary/aromatic N) is 4. The van der Waals surface area contributed by atoms with Crippen molar-refractivity contribution in [3.05, 3.63) is 17.7 Å². The fraction of sp³-hybridized carbons (Fsp3) is 0.545. The molecule has 1 saturated heterocycles. The summed E-state index contributed by atoms with van der Waals surface area (Å²) in [6, 6.07) is 2.94. The molecule has 1 aromatic heterocycles. The second-order valence-electron chi connectivity index (χ2n) is 8.87. The van der Waals surface area contributed by atoms with E-state index in [0.29, 0.717) is 24.3 Å². The molecule has 2 atom stereocenters. The zero-order chi connectivity index (χ0) is 23.8. The van der Waals surface area contributed by atoms with Crippen LogP contribution in [-0.2, 0) is 4.74 Å². The van der Waals surface area contributed by atoms with Crippen LogP contribution in [0.1, 0.15) is 45.0 Å². The van der Waals surface area contributed by atoms with Crippen molar-refractivity contribution in [2.75, 3.05) is 32.2 Å². The monoisotopic (exact) mass is 446 g/mol. The van der Waals surface area contributed by atoms with Crippen LogP contribution in [0.25, 0.3) is 11.0 Å². The molecular formula is C22H30N4O6. The fourth-order valence-corrected chi connectivity index (χ4v) is 3.98. The van der Waals surface area contributed by atoms with Crippen molar-refractivity contribution in [1.82, 2.24) is 14.9 Å². The van der Waals surface area contributed by atoms with Crippen molar-refractivity contribution in [3.63, 3.8) is 0 Å². The molecule has 0 aliphatic carbocycles. The number of rotatable bonds is 4. The van der Waals surface area contributed by atoms with Crippen LogP contribution >= 0.6 is 0 Å². The van der Waals surface area contributed by atoms with Gasteiger partial charge >= 0.3 is 12.1 Å². The Morgan fingerprint density at radius 1 is 1.00 bits per heavy atom. The lowest BCUT2D eigenvalue weighted by atomic mass is 10.1. The standard InChI is InChI=1S/C22H30N4O6/c1-12-10-25(11-13(2)26(12)21(29)32-22(3,4)5)15-9-8-14(20(27)28)16-17(15)24-19(31-7)18(23-16)30-6/h8-9,12-13H,10-11H2,1-7H3,(H,27,28)/t12-,13+. The first kappa shape index (κ1) is 23.4. The van der Waals surface area contributed by atoms with Crippen molar-refractivity contribution in [2.45, 2.75) is 52.3 Å². The van der Waals surface area contributed by atoms with Gasteiger partial charge in [-0.05, 0) is 46.8 Å². The number of fused-ring (bicyclic) bond motifs is 1. The van der Waals surface area contributed by atoms with Crippen LogP contribution in [0.15, 0.2) is 12.1 Å². The molecule has 0 spiro atoms. The lowest BCUT2D eigenvalue weighted by Crippen LogP contribution is -2.59. The minimum Gasteiger partial charge on any atom is -0.478 e. The summed E-state index contributed by atoms with van der Waals surface area (Å²) in [7, 11) is 2.87. The molecule has 0 bridgehead atoms. The second kappa shape index (κ2) is 8.68. The Bertz CT molecular complexity index is 1020. The SMILES string of the molecule is COc1nc2c(C(=O)O)ccc(N3C[C@@H](C)N(C(=O)OC(C)(C)C)[C@@H](C)C3)c2nc1OC. The second-order valence-corrected chi connectivity index (χ2v) is 8.87. The summed E-state index contributed by atoms with van der Waals surface area (Å²) in [6.45, 7) is 10.5. The third kappa shape index (κ3) is 4.49. The van der Waals surface area contributed by atoms with E-state index in [2.05, 4.69) is 14.9 Å². The van der Waals surface area contributed by atoms with Gasteiger partial charge in [0, 0.05) is 13.1 Å². The van der Waals surface area contributed by atoms with E-state index in [4.69, 9.17) is 14.2 Å². The van der Waals surface area contributed by atoms with Crippen molar-refractivity contribution < 1.29 is 28.9 Å². The van der Waals surface area contributed by atoms with Crippen molar-refractivity contribution >= 4 is 28.8 Å². The van der Waals surface area contributed by atoms with Crippen LogP contribution in [0, 0.1) is 0 Å². The molecule has 2 heterocycles. The molecule has 1 aromatic carbocycles. The largest absolute Gasteiger partial charge is 0.478 e. The number of amides is 1. The number of carbonyl (C=O) groups is 2. The van der Waals surface area contributed by atoms with Gasteiger partial charge in [0.2, 0.25) is 0 Å². The molecule has 174 valence electrons. The van der Waals surface area contributed by atoms with E-state index in [1.807, 2.05) is 34.6 Å². The highest BCUT2D eigenvalue weighted by Crippen LogP contribution is 2.34. The van der Waals surface area contributed by atoms with Crippen LogP contribution in [0.5, 0.6) is 11.8 Å². The average molecular weight is 447 g/mol. The zero-order valence-corrected chi connectivity index (χ0v) is 19.5. The molecule has 32 heavy (non-hydrogen) atoms. The quantitative estimate of drug-likeness (QED) is 0.756. The van der Waals surface area contributed by atoms with Crippen LogP contribution in [0.2, 0.25) is 0 Å². The highest BCUT2D eigenvalue weighted by Gasteiger charge is 2.36. The Kier molecular flexibility index (Phi) is 6.34. The third-order valence-corrected chi connectivity index (χ3v) is 5.22. The highest BCUT2D eigenvalue weighted by atomic mass is 16.6. The minimum absolute atomic E-state index is 0.0192. The molecule has 1 aliphatic rings. The number of ether oxygens (including phenoxy) is 3. The van der Waals surface area contributed by atoms with Gasteiger partial charge in [0.05, 0.1) is 37.6 Å². The number of hydrogen-bond acceptors (Lipinski definition) is 8. The van der Waals surface area contributed by atoms with Gasteiger partial charge in [-0.3, -0.25) is 4.90 Å². The fourth-order valence-electron chi connectivity index (χ4n) is 3.98. The lowest BCUT2D eigenvalue weighted by Gasteiger charge is -2.45. The third-order valence-electron chi connectivity index (χ3n) is 5.22. The number of hydrogen-bond donors (Lipinski definition) is 1. The summed E-state index contributed by atoms with van der Waals surface area (Å²) in [5.41, 5.74) is 0.753. The first-order chi connectivity index (χ1) is 15.0. The summed E-state index contributed by atoms with van der Waals surface area (Å²) < 4.78 is 16.1. The zero-order valence-electron chi connectivity index (χ0n) is 19.5. The summed E-state index contributed by atoms with van der Waals surface area (Å²) in [5, 5.41) is 9.64. The van der Waals surface area contributed by atoms with Crippen molar-refractivity contribution in [3.8, 4) is 11.8 Å². The molecule has 1 aliphatic heterocycles. The van der Waals surface area contributed by atoms with Crippen LogP contribution in [0.4, 0.5) is 10.5 Å². The van der Waals surface area contributed by atoms with Gasteiger partial charge < -0.3 is 24.2 Å². The summed E-state index contributed by atoms with van der Waals surface area (Å²) in [6.07, 6.45) is -0.352. The Morgan fingerprint density at radius 2 is 1.53 bits per heavy atom. The van der Waals surface area contributed by atoms with E-state index < -0.39 is 11.6 Å². The molecule has 0 saturated carbocycles. The smallest absolute Gasteiger partial charge is 0.410 e. The van der Waals surface area contributed by atoms with E-state index in [-0.39, 0.29) is 41.0 Å². The topological polar surface area (TPSA) is 114 Å². The summed E-state index contributed by atoms with van der Waals surface area (Å²) >= 11 is 0. The van der Waals surface area contributed by atoms with Crippen molar-refractivity contribution in [1.29, 1.82) is 0 Å². The first-order valence-corrected chi connectivity index (χ1v) is 10.4. The molecular weight excluding hydrogens is 416 g/mol. The van der Waals surface area contributed by atoms with Gasteiger partial charge in [-0.2, -0.15) is 0 Å². The predicted octanol–water partition coefficient (Wildman–Crippen LogP) is 3.18. The first-order valence-electron chi connectivity index (χ1n) is 10.4. The Labute approximate surface area is 187 Å². The Hall–Kier alpha value is -3.30. The molecule has 3 rings (SSSR count). The molecule has 10 heteroatoms. The lowest BCUT2D eigenvalue weighted by molar-refractivity contribution is 0.00565. The molecule has 2 aromatic rings. The van der Waals surface area contributed by atoms with E-state index in [1.54, 1.807) is 11.0 Å². The Morgan fingerprint density at radius 3 is 2.00 bits per heavy atom. The summed E-state index contributed by atoms with van der Waals surface area (Å²) in [4.78, 5) is 37.2. The van der Waals surface area contributed by atoms with Gasteiger partial charge in [0.25, 0.3) is 11.8 Å². The molecule has 1 N–H and O–H groups in total. The number of carbonyl (C=O) groups excluding carboxylic acids is 1. The van der Waals surface area contributed by atoms with E-state index in [9.17, 15) is 14.7 Å². The van der Waals surface area contributed by atoms with Crippen LogP contribution < -0.4 is 14.4 Å². The van der Waals surface area contributed by atoms with Gasteiger partial charge in [0.15, 0.2) is 0 Å². The minimum atomic E-state index is -1.11. The van der Waals surface area contributed by atoms with Gasteiger partial charge in [-0.15, -0.1) is 0 Å². The van der Waals surface area contributed by atoms with Crippen LogP contribution in [0.3, 0.4) is 0 Å². The highest BCUT2D eigenvalue weighted by molar-refractivity contribution is 6.05. The van der Waals surface area contributed by atoms with Crippen molar-refractivity contribution in [2.24, 2.45) is 0 Å². The molecule has 1 amide bonds. The molecule has 0 radical (unpaired) electrons. The number of methoxy groups -OCH3 is 2. The number of carboxylic acid groups (broad SMARTS) is 1. The van der Waals surface area contributed by atoms with E-state index in [0.717, 1.165) is 0 Å². The molecule has 10 nitrogen and oxygen atoms in total. The predicted molar refractivity (Wildman–Crippen MR) is 119 cm³/mol. The number of aromatic carboxylic acids is 1. The van der Waals surface area contributed by atoms with Gasteiger partial charge in [-0.25, -0.2) is 19.6 Å². The van der Waals surface area contributed by atoms with E-state index >= 15 is 0 Å². The van der Waals surface area contributed by atoms with Gasteiger partial charge in [0.1, 0.15) is 16.6 Å². The van der Waals surface area contributed by atoms with Gasteiger partial charge in [-0.1, -0.05) is 0 Å². The summed E-state index contributed by atoms with van der Waals surface area (Å²) in [5.74, 6) is -0.840. The Balaban J connectivity index is 2.02. The number of carboxylic acids is 1. The maximum atomic E-state index is 12.7. The normalized spacial score (nSPS) is 19.1. The van der Waals surface area contributed by atoms with E-state index in [1.165, 1.54) is 20.3 Å². The molecule has 0 unspecified atom stereocenters. The number of anilines is 1.